The molecule has 1 aromatic rings. The van der Waals surface area contributed by atoms with E-state index in [1.807, 2.05) is 0 Å². The SMILES string of the molecule is Fc1cc(OCC(F)(F)C(F)F)cnc1Cl. The van der Waals surface area contributed by atoms with Crippen molar-refractivity contribution in [2.24, 2.45) is 0 Å². The topological polar surface area (TPSA) is 22.1 Å². The summed E-state index contributed by atoms with van der Waals surface area (Å²) in [5.41, 5.74) is 0. The molecule has 90 valence electrons. The van der Waals surface area contributed by atoms with Crippen molar-refractivity contribution < 1.29 is 26.7 Å². The van der Waals surface area contributed by atoms with E-state index >= 15 is 0 Å². The van der Waals surface area contributed by atoms with E-state index in [0.29, 0.717) is 6.07 Å². The quantitative estimate of drug-likeness (QED) is 0.613. The molecule has 0 aliphatic rings. The lowest BCUT2D eigenvalue weighted by molar-refractivity contribution is -0.148. The first-order valence-electron chi connectivity index (χ1n) is 3.93. The van der Waals surface area contributed by atoms with Gasteiger partial charge in [-0.25, -0.2) is 18.2 Å². The van der Waals surface area contributed by atoms with E-state index in [1.54, 1.807) is 0 Å². The van der Waals surface area contributed by atoms with Crippen LogP contribution < -0.4 is 4.74 Å². The van der Waals surface area contributed by atoms with E-state index in [0.717, 1.165) is 6.20 Å². The number of hydrogen-bond acceptors (Lipinski definition) is 2. The second-order valence-electron chi connectivity index (χ2n) is 2.79. The van der Waals surface area contributed by atoms with Crippen LogP contribution in [-0.4, -0.2) is 23.9 Å². The minimum absolute atomic E-state index is 0.401. The molecule has 0 saturated carbocycles. The number of pyridine rings is 1. The van der Waals surface area contributed by atoms with Crippen molar-refractivity contribution in [3.05, 3.63) is 23.2 Å². The maximum atomic E-state index is 12.7. The van der Waals surface area contributed by atoms with Crippen LogP contribution in [-0.2, 0) is 0 Å². The highest BCUT2D eigenvalue weighted by Gasteiger charge is 2.41. The van der Waals surface area contributed by atoms with Crippen LogP contribution in [0.5, 0.6) is 5.75 Å². The molecule has 8 heteroatoms. The molecule has 0 aliphatic carbocycles. The first-order valence-corrected chi connectivity index (χ1v) is 4.30. The summed E-state index contributed by atoms with van der Waals surface area (Å²) in [6, 6.07) is 0.677. The van der Waals surface area contributed by atoms with Crippen molar-refractivity contribution in [1.82, 2.24) is 4.98 Å². The average Bonchev–Trinajstić information content (AvgIpc) is 2.20. The van der Waals surface area contributed by atoms with Crippen LogP contribution in [0.25, 0.3) is 0 Å². The molecule has 0 fully saturated rings. The predicted molar refractivity (Wildman–Crippen MR) is 45.7 cm³/mol. The maximum Gasteiger partial charge on any atom is 0.340 e. The fourth-order valence-corrected chi connectivity index (χ4v) is 0.829. The lowest BCUT2D eigenvalue weighted by atomic mass is 10.4. The van der Waals surface area contributed by atoms with Gasteiger partial charge in [-0.05, 0) is 0 Å². The molecule has 0 bridgehead atoms. The number of alkyl halides is 4. The highest BCUT2D eigenvalue weighted by atomic mass is 35.5. The average molecular weight is 262 g/mol. The summed E-state index contributed by atoms with van der Waals surface area (Å²) in [5, 5.41) is -0.465. The van der Waals surface area contributed by atoms with E-state index in [1.165, 1.54) is 0 Å². The standard InChI is InChI=1S/C8H5ClF5NO/c9-6-5(10)1-4(2-15-6)16-3-8(13,14)7(11)12/h1-2,7H,3H2. The van der Waals surface area contributed by atoms with Gasteiger partial charge in [-0.2, -0.15) is 8.78 Å². The van der Waals surface area contributed by atoms with Gasteiger partial charge in [0.2, 0.25) is 0 Å². The highest BCUT2D eigenvalue weighted by molar-refractivity contribution is 6.29. The van der Waals surface area contributed by atoms with Gasteiger partial charge in [0.15, 0.2) is 17.6 Å². The van der Waals surface area contributed by atoms with Crippen molar-refractivity contribution in [3.8, 4) is 5.75 Å². The Bertz CT molecular complexity index is 373. The lowest BCUT2D eigenvalue weighted by Crippen LogP contribution is -2.33. The van der Waals surface area contributed by atoms with Crippen molar-refractivity contribution in [2.75, 3.05) is 6.61 Å². The fraction of sp³-hybridized carbons (Fsp3) is 0.375. The predicted octanol–water partition coefficient (Wildman–Crippen LogP) is 3.15. The molecule has 1 aromatic heterocycles. The van der Waals surface area contributed by atoms with Crippen molar-refractivity contribution in [3.63, 3.8) is 0 Å². The molecule has 1 rings (SSSR count). The van der Waals surface area contributed by atoms with Gasteiger partial charge in [0, 0.05) is 6.07 Å². The zero-order valence-electron chi connectivity index (χ0n) is 7.56. The molecular weight excluding hydrogens is 257 g/mol. The Labute approximate surface area is 92.0 Å². The number of aromatic nitrogens is 1. The number of rotatable bonds is 4. The summed E-state index contributed by atoms with van der Waals surface area (Å²) in [7, 11) is 0. The van der Waals surface area contributed by atoms with Gasteiger partial charge in [-0.1, -0.05) is 11.6 Å². The van der Waals surface area contributed by atoms with E-state index in [9.17, 15) is 22.0 Å². The highest BCUT2D eigenvalue weighted by Crippen LogP contribution is 2.25. The van der Waals surface area contributed by atoms with Crippen LogP contribution in [0.1, 0.15) is 0 Å². The third-order valence-electron chi connectivity index (χ3n) is 1.52. The summed E-state index contributed by atoms with van der Waals surface area (Å²) in [4.78, 5) is 3.26. The van der Waals surface area contributed by atoms with Crippen LogP contribution in [0.15, 0.2) is 12.3 Å². The molecule has 0 atom stereocenters. The molecule has 0 aromatic carbocycles. The Balaban J connectivity index is 2.65. The summed E-state index contributed by atoms with van der Waals surface area (Å²) in [6.07, 6.45) is -3.00. The lowest BCUT2D eigenvalue weighted by Gasteiger charge is -2.15. The summed E-state index contributed by atoms with van der Waals surface area (Å²) in [5.74, 6) is -5.68. The van der Waals surface area contributed by atoms with Gasteiger partial charge in [0.05, 0.1) is 6.20 Å². The monoisotopic (exact) mass is 261 g/mol. The third kappa shape index (κ3) is 3.19. The van der Waals surface area contributed by atoms with Crippen molar-refractivity contribution in [2.45, 2.75) is 12.3 Å². The van der Waals surface area contributed by atoms with Gasteiger partial charge < -0.3 is 4.74 Å². The fourth-order valence-electron chi connectivity index (χ4n) is 0.725. The summed E-state index contributed by atoms with van der Waals surface area (Å²) < 4.78 is 65.3. The number of ether oxygens (including phenoxy) is 1. The molecule has 1 heterocycles. The van der Waals surface area contributed by atoms with Crippen LogP contribution in [0.4, 0.5) is 22.0 Å². The minimum Gasteiger partial charge on any atom is -0.485 e. The van der Waals surface area contributed by atoms with Crippen LogP contribution >= 0.6 is 11.6 Å². The summed E-state index contributed by atoms with van der Waals surface area (Å²) in [6.45, 7) is -1.56. The van der Waals surface area contributed by atoms with Crippen LogP contribution in [0.2, 0.25) is 5.15 Å². The Kier molecular flexibility index (Phi) is 3.90. The Morgan fingerprint density at radius 2 is 2.06 bits per heavy atom. The maximum absolute atomic E-state index is 12.7. The van der Waals surface area contributed by atoms with Gasteiger partial charge in [0.25, 0.3) is 0 Å². The molecule has 0 unspecified atom stereocenters. The normalized spacial score (nSPS) is 11.9. The van der Waals surface area contributed by atoms with E-state index < -0.39 is 35.7 Å². The second kappa shape index (κ2) is 4.82. The Morgan fingerprint density at radius 1 is 1.44 bits per heavy atom. The molecule has 16 heavy (non-hydrogen) atoms. The van der Waals surface area contributed by atoms with Crippen LogP contribution in [0, 0.1) is 5.82 Å². The number of hydrogen-bond donors (Lipinski definition) is 0. The second-order valence-corrected chi connectivity index (χ2v) is 3.15. The molecule has 0 radical (unpaired) electrons. The molecule has 0 spiro atoms. The number of nitrogens with zero attached hydrogens (tertiary/aromatic N) is 1. The van der Waals surface area contributed by atoms with E-state index in [2.05, 4.69) is 9.72 Å². The van der Waals surface area contributed by atoms with E-state index in [-0.39, 0.29) is 0 Å². The zero-order valence-corrected chi connectivity index (χ0v) is 8.32. The molecule has 0 aliphatic heterocycles. The van der Waals surface area contributed by atoms with E-state index in [4.69, 9.17) is 11.6 Å². The molecule has 2 nitrogen and oxygen atoms in total. The molecule has 0 amide bonds. The van der Waals surface area contributed by atoms with Gasteiger partial charge in [-0.3, -0.25) is 0 Å². The molecule has 0 saturated heterocycles. The van der Waals surface area contributed by atoms with Gasteiger partial charge >= 0.3 is 12.3 Å². The van der Waals surface area contributed by atoms with Crippen LogP contribution in [0.3, 0.4) is 0 Å². The molecular formula is C8H5ClF5NO. The number of halogens is 6. The Hall–Kier alpha value is -1.11. The smallest absolute Gasteiger partial charge is 0.340 e. The van der Waals surface area contributed by atoms with Crippen molar-refractivity contribution in [1.29, 1.82) is 0 Å². The van der Waals surface area contributed by atoms with Crippen molar-refractivity contribution >= 4 is 11.6 Å². The molecule has 0 N–H and O–H groups in total. The summed E-state index contributed by atoms with van der Waals surface area (Å²) >= 11 is 5.21. The largest absolute Gasteiger partial charge is 0.485 e. The van der Waals surface area contributed by atoms with Gasteiger partial charge in [0.1, 0.15) is 5.75 Å². The Morgan fingerprint density at radius 3 is 2.56 bits per heavy atom. The minimum atomic E-state index is -4.30. The zero-order chi connectivity index (χ0) is 12.3. The van der Waals surface area contributed by atoms with Gasteiger partial charge in [-0.15, -0.1) is 0 Å². The third-order valence-corrected chi connectivity index (χ3v) is 1.80. The first kappa shape index (κ1) is 13.0. The first-order chi connectivity index (χ1) is 7.33.